The average Bonchev–Trinajstić information content (AvgIpc) is 3.25. The number of hydrogen-bond acceptors (Lipinski definition) is 5. The summed E-state index contributed by atoms with van der Waals surface area (Å²) in [6.45, 7) is 0. The molecule has 29 heavy (non-hydrogen) atoms. The molecule has 0 fully saturated rings. The second-order valence-corrected chi connectivity index (χ2v) is 7.26. The van der Waals surface area contributed by atoms with Crippen LogP contribution in [0, 0.1) is 10.8 Å². The van der Waals surface area contributed by atoms with Crippen LogP contribution < -0.4 is 10.8 Å². The number of rotatable bonds is 3. The minimum atomic E-state index is -3.68. The maximum atomic E-state index is 15.3. The van der Waals surface area contributed by atoms with Crippen LogP contribution in [0.25, 0.3) is 22.2 Å². The summed E-state index contributed by atoms with van der Waals surface area (Å²) in [6, 6.07) is 5.70. The quantitative estimate of drug-likeness (QED) is 0.304. The summed E-state index contributed by atoms with van der Waals surface area (Å²) >= 11 is 0. The van der Waals surface area contributed by atoms with Crippen molar-refractivity contribution in [2.45, 2.75) is 5.92 Å². The Morgan fingerprint density at radius 1 is 1.10 bits per heavy atom. The van der Waals surface area contributed by atoms with Gasteiger partial charge in [0, 0.05) is 43.0 Å². The van der Waals surface area contributed by atoms with Gasteiger partial charge in [0.25, 0.3) is 0 Å². The molecule has 0 amide bonds. The van der Waals surface area contributed by atoms with Crippen LogP contribution in [0.15, 0.2) is 42.9 Å². The Balaban J connectivity index is 1.81. The van der Waals surface area contributed by atoms with Gasteiger partial charge in [0.2, 0.25) is 0 Å². The summed E-state index contributed by atoms with van der Waals surface area (Å²) in [6.07, 6.45) is 4.84. The first kappa shape index (κ1) is 19.1. The van der Waals surface area contributed by atoms with Crippen molar-refractivity contribution in [1.82, 2.24) is 29.3 Å². The number of aryl methyl sites for hydroxylation is 2. The maximum absolute atomic E-state index is 15.3. The summed E-state index contributed by atoms with van der Waals surface area (Å²) < 4.78 is 34.4. The van der Waals surface area contributed by atoms with Crippen molar-refractivity contribution < 1.29 is 8.78 Å². The second-order valence-electron chi connectivity index (χ2n) is 6.64. The van der Waals surface area contributed by atoms with E-state index in [4.69, 9.17) is 10.8 Å². The van der Waals surface area contributed by atoms with Crippen molar-refractivity contribution >= 4 is 31.3 Å². The Hall–Kier alpha value is -3.26. The Morgan fingerprint density at radius 2 is 1.86 bits per heavy atom. The van der Waals surface area contributed by atoms with Crippen LogP contribution in [0.1, 0.15) is 5.56 Å². The lowest BCUT2D eigenvalue weighted by atomic mass is 10.1. The van der Waals surface area contributed by atoms with E-state index in [0.717, 1.165) is 0 Å². The van der Waals surface area contributed by atoms with Crippen molar-refractivity contribution in [3.8, 4) is 11.3 Å². The van der Waals surface area contributed by atoms with Gasteiger partial charge in [-0.15, -0.1) is 9.24 Å². The molecule has 3 heterocycles. The van der Waals surface area contributed by atoms with E-state index in [1.165, 1.54) is 35.1 Å². The third-order valence-corrected chi connectivity index (χ3v) is 4.95. The molecule has 2 N–H and O–H groups in total. The van der Waals surface area contributed by atoms with Gasteiger partial charge in [0.15, 0.2) is 5.84 Å². The van der Waals surface area contributed by atoms with Gasteiger partial charge in [0.1, 0.15) is 5.49 Å². The highest BCUT2D eigenvalue weighted by Gasteiger charge is 2.41. The van der Waals surface area contributed by atoms with Crippen LogP contribution in [0.2, 0.25) is 0 Å². The summed E-state index contributed by atoms with van der Waals surface area (Å²) in [7, 11) is 5.70. The van der Waals surface area contributed by atoms with Gasteiger partial charge >= 0.3 is 5.92 Å². The van der Waals surface area contributed by atoms with E-state index in [1.54, 1.807) is 31.2 Å². The van der Waals surface area contributed by atoms with Crippen molar-refractivity contribution in [3.05, 3.63) is 53.9 Å². The lowest BCUT2D eigenvalue weighted by Crippen LogP contribution is -2.41. The number of fused-ring (bicyclic) bond motifs is 1. The SMILES string of the molecule is Cn1cc(-c2ccc(=N)n(C(=N)C(F)(F)c3cc4cn(C)nc4cc3P)n2)cn1. The van der Waals surface area contributed by atoms with E-state index in [9.17, 15) is 0 Å². The van der Waals surface area contributed by atoms with Gasteiger partial charge < -0.3 is 0 Å². The fourth-order valence-corrected chi connectivity index (χ4v) is 3.47. The molecular formula is C18H17F2N8P. The summed E-state index contributed by atoms with van der Waals surface area (Å²) in [5, 5.41) is 29.2. The largest absolute Gasteiger partial charge is 0.331 e. The van der Waals surface area contributed by atoms with Crippen LogP contribution in [-0.2, 0) is 20.0 Å². The van der Waals surface area contributed by atoms with E-state index in [0.29, 0.717) is 26.8 Å². The molecule has 0 aliphatic rings. The summed E-state index contributed by atoms with van der Waals surface area (Å²) in [5.74, 6) is -4.79. The number of aromatic nitrogens is 6. The minimum absolute atomic E-state index is 0.224. The van der Waals surface area contributed by atoms with E-state index in [2.05, 4.69) is 24.5 Å². The number of nitrogens with zero attached hydrogens (tertiary/aromatic N) is 6. The third-order valence-electron chi connectivity index (χ3n) is 4.47. The van der Waals surface area contributed by atoms with Crippen molar-refractivity contribution in [2.24, 2.45) is 14.1 Å². The monoisotopic (exact) mass is 414 g/mol. The Bertz CT molecular complexity index is 1320. The predicted molar refractivity (Wildman–Crippen MR) is 107 cm³/mol. The highest BCUT2D eigenvalue weighted by atomic mass is 31.0. The normalized spacial score (nSPS) is 11.9. The molecule has 1 atom stereocenters. The van der Waals surface area contributed by atoms with Gasteiger partial charge in [-0.1, -0.05) is 0 Å². The highest BCUT2D eigenvalue weighted by Crippen LogP contribution is 2.31. The first-order chi connectivity index (χ1) is 13.7. The molecule has 1 unspecified atom stereocenters. The van der Waals surface area contributed by atoms with Crippen molar-refractivity contribution in [3.63, 3.8) is 0 Å². The molecular weight excluding hydrogens is 397 g/mol. The van der Waals surface area contributed by atoms with Gasteiger partial charge in [-0.25, -0.2) is 0 Å². The van der Waals surface area contributed by atoms with Gasteiger partial charge in [0.05, 0.1) is 17.4 Å². The molecule has 3 aromatic heterocycles. The lowest BCUT2D eigenvalue weighted by molar-refractivity contribution is 0.0709. The van der Waals surface area contributed by atoms with Crippen LogP contribution in [0.4, 0.5) is 8.78 Å². The molecule has 1 aromatic carbocycles. The zero-order valence-electron chi connectivity index (χ0n) is 15.6. The number of halogens is 2. The van der Waals surface area contributed by atoms with E-state index < -0.39 is 11.8 Å². The van der Waals surface area contributed by atoms with Gasteiger partial charge in [-0.3, -0.25) is 20.2 Å². The molecule has 4 rings (SSSR count). The molecule has 0 saturated heterocycles. The molecule has 0 bridgehead atoms. The predicted octanol–water partition coefficient (Wildman–Crippen LogP) is 1.77. The molecule has 0 saturated carbocycles. The number of nitrogens with one attached hydrogen (secondary N) is 2. The summed E-state index contributed by atoms with van der Waals surface area (Å²) in [5.41, 5.74) is 0.835. The maximum Gasteiger partial charge on any atom is 0.331 e. The highest BCUT2D eigenvalue weighted by molar-refractivity contribution is 7.27. The van der Waals surface area contributed by atoms with Crippen LogP contribution in [0.5, 0.6) is 0 Å². The zero-order valence-corrected chi connectivity index (χ0v) is 16.7. The van der Waals surface area contributed by atoms with Crippen molar-refractivity contribution in [2.75, 3.05) is 0 Å². The molecule has 4 aromatic rings. The Morgan fingerprint density at radius 3 is 2.55 bits per heavy atom. The van der Waals surface area contributed by atoms with E-state index in [-0.39, 0.29) is 16.4 Å². The summed E-state index contributed by atoms with van der Waals surface area (Å²) in [4.78, 5) is 0. The molecule has 0 radical (unpaired) electrons. The lowest BCUT2D eigenvalue weighted by Gasteiger charge is -2.21. The first-order valence-corrected chi connectivity index (χ1v) is 9.09. The molecule has 0 aliphatic heterocycles. The first-order valence-electron chi connectivity index (χ1n) is 8.51. The fraction of sp³-hybridized carbons (Fsp3) is 0.167. The second kappa shape index (κ2) is 6.66. The average molecular weight is 414 g/mol. The zero-order chi connectivity index (χ0) is 20.9. The number of alkyl halides is 2. The Kier molecular flexibility index (Phi) is 4.38. The fourth-order valence-electron chi connectivity index (χ4n) is 3.05. The molecule has 148 valence electrons. The molecule has 0 aliphatic carbocycles. The van der Waals surface area contributed by atoms with Gasteiger partial charge in [-0.2, -0.15) is 28.8 Å². The van der Waals surface area contributed by atoms with E-state index >= 15 is 8.78 Å². The molecule has 8 nitrogen and oxygen atoms in total. The standard InChI is InChI=1S/C18H17F2N8P/c1-26-9-11(7-23-26)13-3-4-16(21)28(25-13)17(22)18(19,20)12-5-10-8-27(2)24-14(10)6-15(12)29/h3-9,21-22H,29H2,1-2H3. The molecule has 0 spiro atoms. The Labute approximate surface area is 166 Å². The number of benzene rings is 1. The van der Waals surface area contributed by atoms with E-state index in [1.807, 2.05) is 0 Å². The van der Waals surface area contributed by atoms with Gasteiger partial charge in [-0.05, 0) is 29.6 Å². The van der Waals surface area contributed by atoms with Crippen LogP contribution in [-0.4, -0.2) is 35.2 Å². The van der Waals surface area contributed by atoms with Crippen LogP contribution in [0.3, 0.4) is 0 Å². The molecule has 11 heteroatoms. The smallest absolute Gasteiger partial charge is 0.283 e. The minimum Gasteiger partial charge on any atom is -0.283 e. The number of hydrogen-bond donors (Lipinski definition) is 2. The van der Waals surface area contributed by atoms with Crippen molar-refractivity contribution in [1.29, 1.82) is 10.8 Å². The topological polar surface area (TPSA) is 101 Å². The third kappa shape index (κ3) is 3.25. The van der Waals surface area contributed by atoms with Crippen LogP contribution >= 0.6 is 9.24 Å².